The van der Waals surface area contributed by atoms with Gasteiger partial charge in [-0.05, 0) is 53.6 Å². The number of aryl methyl sites for hydroxylation is 2. The van der Waals surface area contributed by atoms with E-state index in [1.807, 2.05) is 62.4 Å². The lowest BCUT2D eigenvalue weighted by Crippen LogP contribution is -2.12. The van der Waals surface area contributed by atoms with Crippen molar-refractivity contribution in [1.29, 1.82) is 0 Å². The first-order valence-corrected chi connectivity index (χ1v) is 8.32. The lowest BCUT2D eigenvalue weighted by molar-refractivity contribution is -0.145. The zero-order valence-electron chi connectivity index (χ0n) is 14.8. The van der Waals surface area contributed by atoms with E-state index in [9.17, 15) is 4.79 Å². The van der Waals surface area contributed by atoms with Crippen molar-refractivity contribution in [2.24, 2.45) is 0 Å². The lowest BCUT2D eigenvalue weighted by atomic mass is 10.1. The van der Waals surface area contributed by atoms with Gasteiger partial charge in [0.2, 0.25) is 0 Å². The van der Waals surface area contributed by atoms with Crippen LogP contribution >= 0.6 is 0 Å². The molecule has 3 rings (SSSR count). The maximum atomic E-state index is 11.9. The number of carbonyl (C=O) groups excluding carboxylic acids is 1. The smallest absolute Gasteiger partial charge is 0.309 e. The predicted octanol–water partition coefficient (Wildman–Crippen LogP) is 2.79. The van der Waals surface area contributed by atoms with Gasteiger partial charge in [0.15, 0.2) is 12.4 Å². The van der Waals surface area contributed by atoms with Crippen molar-refractivity contribution < 1.29 is 14.3 Å². The molecule has 0 atom stereocenters. The van der Waals surface area contributed by atoms with Crippen molar-refractivity contribution >= 4 is 5.97 Å². The van der Waals surface area contributed by atoms with Gasteiger partial charge in [-0.3, -0.25) is 4.79 Å². The fraction of sp³-hybridized carbons (Fsp3) is 0.263. The fourth-order valence-corrected chi connectivity index (χ4v) is 2.39. The van der Waals surface area contributed by atoms with E-state index in [0.29, 0.717) is 5.82 Å². The van der Waals surface area contributed by atoms with Crippen LogP contribution in [0.2, 0.25) is 0 Å². The summed E-state index contributed by atoms with van der Waals surface area (Å²) >= 11 is 0. The number of tetrazole rings is 1. The highest BCUT2D eigenvalue weighted by Gasteiger charge is 2.11. The summed E-state index contributed by atoms with van der Waals surface area (Å²) in [5.41, 5.74) is 2.95. The summed E-state index contributed by atoms with van der Waals surface area (Å²) in [4.78, 5) is 11.9. The van der Waals surface area contributed by atoms with E-state index in [4.69, 9.17) is 9.47 Å². The summed E-state index contributed by atoms with van der Waals surface area (Å²) in [6.07, 6.45) is 0.153. The van der Waals surface area contributed by atoms with Crippen molar-refractivity contribution in [3.05, 3.63) is 65.5 Å². The quantitative estimate of drug-likeness (QED) is 0.608. The minimum Gasteiger partial charge on any atom is -0.493 e. The molecule has 134 valence electrons. The summed E-state index contributed by atoms with van der Waals surface area (Å²) in [6, 6.07) is 15.4. The number of ether oxygens (including phenoxy) is 2. The average molecular weight is 352 g/mol. The first-order valence-electron chi connectivity index (χ1n) is 8.32. The van der Waals surface area contributed by atoms with Gasteiger partial charge in [0.25, 0.3) is 0 Å². The van der Waals surface area contributed by atoms with E-state index in [-0.39, 0.29) is 25.6 Å². The Hall–Kier alpha value is -3.22. The van der Waals surface area contributed by atoms with Crippen LogP contribution in [0.1, 0.15) is 23.4 Å². The number of benzene rings is 2. The minimum atomic E-state index is -0.363. The van der Waals surface area contributed by atoms with Gasteiger partial charge in [0, 0.05) is 0 Å². The molecule has 0 aliphatic rings. The number of hydrogen-bond donors (Lipinski definition) is 0. The van der Waals surface area contributed by atoms with Gasteiger partial charge < -0.3 is 9.47 Å². The number of nitrogens with zero attached hydrogens (tertiary/aromatic N) is 4. The van der Waals surface area contributed by atoms with Crippen LogP contribution in [0, 0.1) is 13.8 Å². The van der Waals surface area contributed by atoms with Gasteiger partial charge in [0.1, 0.15) is 5.75 Å². The Morgan fingerprint density at radius 2 is 1.92 bits per heavy atom. The highest BCUT2D eigenvalue weighted by molar-refractivity contribution is 5.69. The summed E-state index contributed by atoms with van der Waals surface area (Å²) in [7, 11) is 0. The van der Waals surface area contributed by atoms with Crippen LogP contribution in [0.4, 0.5) is 0 Å². The Kier molecular flexibility index (Phi) is 5.58. The Morgan fingerprint density at radius 1 is 1.12 bits per heavy atom. The highest BCUT2D eigenvalue weighted by atomic mass is 16.5. The highest BCUT2D eigenvalue weighted by Crippen LogP contribution is 2.19. The van der Waals surface area contributed by atoms with Crippen molar-refractivity contribution in [2.45, 2.75) is 26.9 Å². The number of hydrogen-bond acceptors (Lipinski definition) is 6. The third-order valence-corrected chi connectivity index (χ3v) is 3.80. The number of carbonyl (C=O) groups is 1. The predicted molar refractivity (Wildman–Crippen MR) is 95.0 cm³/mol. The number of rotatable bonds is 7. The lowest BCUT2D eigenvalue weighted by Gasteiger charge is -2.10. The third-order valence-electron chi connectivity index (χ3n) is 3.80. The topological polar surface area (TPSA) is 79.1 Å². The molecule has 1 aromatic heterocycles. The Morgan fingerprint density at radius 3 is 2.73 bits per heavy atom. The molecule has 0 unspecified atom stereocenters. The van der Waals surface area contributed by atoms with Gasteiger partial charge in [0.05, 0.1) is 18.7 Å². The molecule has 0 N–H and O–H groups in total. The molecule has 0 bridgehead atoms. The van der Waals surface area contributed by atoms with Gasteiger partial charge in [-0.2, -0.15) is 4.68 Å². The number of aromatic nitrogens is 4. The number of para-hydroxylation sites is 1. The van der Waals surface area contributed by atoms with Gasteiger partial charge in [-0.15, -0.1) is 5.10 Å². The molecule has 0 saturated carbocycles. The summed E-state index contributed by atoms with van der Waals surface area (Å²) in [5, 5.41) is 11.5. The first kappa shape index (κ1) is 17.6. The molecule has 0 aliphatic heterocycles. The molecule has 0 amide bonds. The van der Waals surface area contributed by atoms with Crippen LogP contribution in [0.5, 0.6) is 5.75 Å². The molecule has 0 spiro atoms. The molecule has 0 fully saturated rings. The van der Waals surface area contributed by atoms with Crippen molar-refractivity contribution in [1.82, 2.24) is 20.2 Å². The van der Waals surface area contributed by atoms with Crippen LogP contribution in [-0.2, 0) is 16.1 Å². The monoisotopic (exact) mass is 352 g/mol. The second kappa shape index (κ2) is 8.24. The molecule has 26 heavy (non-hydrogen) atoms. The minimum absolute atomic E-state index is 0.00417. The number of esters is 1. The van der Waals surface area contributed by atoms with Crippen LogP contribution < -0.4 is 4.74 Å². The fourth-order valence-electron chi connectivity index (χ4n) is 2.39. The summed E-state index contributed by atoms with van der Waals surface area (Å²) < 4.78 is 12.5. The van der Waals surface area contributed by atoms with Crippen LogP contribution in [0.25, 0.3) is 5.69 Å². The normalized spacial score (nSPS) is 10.5. The van der Waals surface area contributed by atoms with Gasteiger partial charge in [-0.1, -0.05) is 30.3 Å². The Labute approximate surface area is 151 Å². The summed E-state index contributed by atoms with van der Waals surface area (Å²) in [5.74, 6) is 0.878. The van der Waals surface area contributed by atoms with E-state index in [0.717, 1.165) is 22.6 Å². The van der Waals surface area contributed by atoms with Crippen molar-refractivity contribution in [2.75, 3.05) is 6.61 Å². The molecule has 1 heterocycles. The molecule has 0 aliphatic carbocycles. The van der Waals surface area contributed by atoms with E-state index >= 15 is 0 Å². The largest absolute Gasteiger partial charge is 0.493 e. The Balaban J connectivity index is 1.49. The molecule has 7 nitrogen and oxygen atoms in total. The zero-order chi connectivity index (χ0) is 18.4. The maximum Gasteiger partial charge on any atom is 0.309 e. The molecule has 3 aromatic rings. The van der Waals surface area contributed by atoms with Gasteiger partial charge in [-0.25, -0.2) is 0 Å². The molecular formula is C19H20N4O3. The van der Waals surface area contributed by atoms with Crippen molar-refractivity contribution in [3.63, 3.8) is 0 Å². The standard InChI is InChI=1S/C19H20N4O3/c1-14-8-9-15(2)17(12-14)25-11-10-19(24)26-13-18-20-21-22-23(18)16-6-4-3-5-7-16/h3-9,12H,10-11,13H2,1-2H3. The second-order valence-corrected chi connectivity index (χ2v) is 5.87. The van der Waals surface area contributed by atoms with E-state index in [2.05, 4.69) is 15.5 Å². The van der Waals surface area contributed by atoms with Gasteiger partial charge >= 0.3 is 5.97 Å². The SMILES string of the molecule is Cc1ccc(C)c(OCCC(=O)OCc2nnnn2-c2ccccc2)c1. The zero-order valence-corrected chi connectivity index (χ0v) is 14.8. The van der Waals surface area contributed by atoms with Crippen molar-refractivity contribution in [3.8, 4) is 11.4 Å². The maximum absolute atomic E-state index is 11.9. The average Bonchev–Trinajstić information content (AvgIpc) is 3.12. The summed E-state index contributed by atoms with van der Waals surface area (Å²) in [6.45, 7) is 4.23. The molecular weight excluding hydrogens is 332 g/mol. The molecule has 0 saturated heterocycles. The van der Waals surface area contributed by atoms with Crippen LogP contribution in [0.15, 0.2) is 48.5 Å². The molecule has 7 heteroatoms. The first-order chi connectivity index (χ1) is 12.6. The Bertz CT molecular complexity index is 878. The molecule has 0 radical (unpaired) electrons. The second-order valence-electron chi connectivity index (χ2n) is 5.87. The van der Waals surface area contributed by atoms with E-state index in [1.54, 1.807) is 4.68 Å². The molecule has 2 aromatic carbocycles. The van der Waals surface area contributed by atoms with E-state index in [1.165, 1.54) is 0 Å². The van der Waals surface area contributed by atoms with Crippen LogP contribution in [0.3, 0.4) is 0 Å². The third kappa shape index (κ3) is 4.44. The van der Waals surface area contributed by atoms with Crippen LogP contribution in [-0.4, -0.2) is 32.8 Å². The van der Waals surface area contributed by atoms with E-state index < -0.39 is 0 Å².